The molecule has 4 rings (SSSR count). The van der Waals surface area contributed by atoms with Crippen molar-refractivity contribution in [3.05, 3.63) is 41.5 Å². The van der Waals surface area contributed by atoms with Gasteiger partial charge in [-0.2, -0.15) is 4.98 Å². The molecule has 26 heavy (non-hydrogen) atoms. The summed E-state index contributed by atoms with van der Waals surface area (Å²) in [5.41, 5.74) is 1.83. The van der Waals surface area contributed by atoms with E-state index in [0.29, 0.717) is 38.0 Å². The minimum Gasteiger partial charge on any atom is -0.381 e. The summed E-state index contributed by atoms with van der Waals surface area (Å²) < 4.78 is 11.0. The molecule has 2 amide bonds. The summed E-state index contributed by atoms with van der Waals surface area (Å²) in [6.45, 7) is 6.48. The fraction of sp³-hybridized carbons (Fsp3) is 0.526. The van der Waals surface area contributed by atoms with Crippen molar-refractivity contribution in [1.29, 1.82) is 0 Å². The third-order valence-corrected chi connectivity index (χ3v) is 5.65. The first-order chi connectivity index (χ1) is 12.6. The predicted molar refractivity (Wildman–Crippen MR) is 96.0 cm³/mol. The molecule has 2 aliphatic heterocycles. The van der Waals surface area contributed by atoms with Gasteiger partial charge in [0.2, 0.25) is 5.89 Å². The van der Waals surface area contributed by atoms with Crippen molar-refractivity contribution >= 4 is 11.7 Å². The summed E-state index contributed by atoms with van der Waals surface area (Å²) in [5, 5.41) is 6.99. The van der Waals surface area contributed by atoms with Crippen molar-refractivity contribution in [2.75, 3.05) is 31.6 Å². The van der Waals surface area contributed by atoms with E-state index in [2.05, 4.69) is 15.5 Å². The third-order valence-electron chi connectivity index (χ3n) is 5.65. The van der Waals surface area contributed by atoms with E-state index >= 15 is 0 Å². The van der Waals surface area contributed by atoms with Crippen LogP contribution in [0.4, 0.5) is 10.5 Å². The highest BCUT2D eigenvalue weighted by Gasteiger charge is 2.51. The Morgan fingerprint density at radius 2 is 2.04 bits per heavy atom. The maximum atomic E-state index is 12.9. The lowest BCUT2D eigenvalue weighted by Crippen LogP contribution is -2.38. The van der Waals surface area contributed by atoms with Crippen molar-refractivity contribution in [2.24, 2.45) is 5.41 Å². The van der Waals surface area contributed by atoms with Crippen LogP contribution < -0.4 is 5.32 Å². The fourth-order valence-electron chi connectivity index (χ4n) is 4.11. The van der Waals surface area contributed by atoms with Gasteiger partial charge in [0, 0.05) is 37.4 Å². The van der Waals surface area contributed by atoms with Gasteiger partial charge in [0.15, 0.2) is 5.82 Å². The van der Waals surface area contributed by atoms with Crippen LogP contribution in [0.2, 0.25) is 0 Å². The van der Waals surface area contributed by atoms with E-state index in [0.717, 1.165) is 24.1 Å². The van der Waals surface area contributed by atoms with Crippen LogP contribution in [0.15, 0.2) is 28.8 Å². The van der Waals surface area contributed by atoms with Gasteiger partial charge in [0.05, 0.1) is 5.92 Å². The second-order valence-electron chi connectivity index (χ2n) is 7.33. The molecule has 1 N–H and O–H groups in total. The Hall–Kier alpha value is -2.41. The molecule has 0 bridgehead atoms. The summed E-state index contributed by atoms with van der Waals surface area (Å²) in [6, 6.07) is 7.72. The Morgan fingerprint density at radius 1 is 1.27 bits per heavy atom. The highest BCUT2D eigenvalue weighted by atomic mass is 16.5. The number of para-hydroxylation sites is 1. The molecule has 1 aromatic heterocycles. The Bertz CT molecular complexity index is 798. The quantitative estimate of drug-likeness (QED) is 0.894. The van der Waals surface area contributed by atoms with Gasteiger partial charge in [-0.1, -0.05) is 23.4 Å². The number of likely N-dealkylation sites (tertiary alicyclic amines) is 1. The minimum atomic E-state index is -0.0797. The van der Waals surface area contributed by atoms with Gasteiger partial charge >= 0.3 is 6.03 Å². The molecule has 2 aromatic rings. The molecule has 7 heteroatoms. The van der Waals surface area contributed by atoms with E-state index in [1.54, 1.807) is 0 Å². The average Bonchev–Trinajstić information content (AvgIpc) is 3.22. The van der Waals surface area contributed by atoms with E-state index in [-0.39, 0.29) is 17.4 Å². The number of hydrogen-bond donors (Lipinski definition) is 1. The minimum absolute atomic E-state index is 0.0511. The first kappa shape index (κ1) is 17.0. The largest absolute Gasteiger partial charge is 0.381 e. The van der Waals surface area contributed by atoms with Gasteiger partial charge in [-0.15, -0.1) is 0 Å². The van der Waals surface area contributed by atoms with E-state index in [9.17, 15) is 4.79 Å². The fourth-order valence-corrected chi connectivity index (χ4v) is 4.11. The number of urea groups is 1. The molecular formula is C19H24N4O3. The molecule has 2 fully saturated rings. The van der Waals surface area contributed by atoms with Crippen molar-refractivity contribution in [1.82, 2.24) is 15.0 Å². The third kappa shape index (κ3) is 3.07. The Kier molecular flexibility index (Phi) is 4.40. The molecule has 3 heterocycles. The number of benzene rings is 1. The van der Waals surface area contributed by atoms with Crippen LogP contribution in [-0.4, -0.2) is 47.4 Å². The maximum Gasteiger partial charge on any atom is 0.321 e. The second kappa shape index (κ2) is 6.72. The van der Waals surface area contributed by atoms with E-state index in [4.69, 9.17) is 9.26 Å². The highest BCUT2D eigenvalue weighted by Crippen LogP contribution is 2.49. The number of rotatable bonds is 2. The van der Waals surface area contributed by atoms with Crippen LogP contribution in [0.5, 0.6) is 0 Å². The molecule has 1 spiro atoms. The second-order valence-corrected chi connectivity index (χ2v) is 7.33. The number of anilines is 1. The van der Waals surface area contributed by atoms with E-state index in [1.807, 2.05) is 43.0 Å². The summed E-state index contributed by atoms with van der Waals surface area (Å²) in [7, 11) is 0. The molecule has 7 nitrogen and oxygen atoms in total. The Labute approximate surface area is 152 Å². The number of ether oxygens (including phenoxy) is 1. The molecular weight excluding hydrogens is 332 g/mol. The zero-order valence-corrected chi connectivity index (χ0v) is 15.2. The van der Waals surface area contributed by atoms with Crippen molar-refractivity contribution < 1.29 is 14.1 Å². The van der Waals surface area contributed by atoms with Crippen LogP contribution in [0.1, 0.15) is 36.0 Å². The van der Waals surface area contributed by atoms with Crippen LogP contribution in [-0.2, 0) is 4.74 Å². The van der Waals surface area contributed by atoms with E-state index in [1.165, 1.54) is 0 Å². The standard InChI is InChI=1S/C19H24N4O3/c1-13-5-3-4-6-16(13)21-18(24)23-11-15(17-20-14(2)22-26-17)19(12-23)7-9-25-10-8-19/h3-6,15H,7-12H2,1-2H3,(H,21,24)/t15-/m1/s1. The molecule has 2 saturated heterocycles. The van der Waals surface area contributed by atoms with Crippen LogP contribution >= 0.6 is 0 Å². The molecule has 0 aliphatic carbocycles. The van der Waals surface area contributed by atoms with Crippen molar-refractivity contribution in [3.8, 4) is 0 Å². The molecule has 0 unspecified atom stereocenters. The number of aryl methyl sites for hydroxylation is 2. The summed E-state index contributed by atoms with van der Waals surface area (Å²) in [6.07, 6.45) is 1.79. The number of nitrogens with zero attached hydrogens (tertiary/aromatic N) is 3. The number of hydrogen-bond acceptors (Lipinski definition) is 5. The van der Waals surface area contributed by atoms with Gasteiger partial charge < -0.3 is 19.5 Å². The van der Waals surface area contributed by atoms with Gasteiger partial charge in [-0.05, 0) is 38.3 Å². The summed E-state index contributed by atoms with van der Waals surface area (Å²) in [4.78, 5) is 19.2. The average molecular weight is 356 g/mol. The predicted octanol–water partition coefficient (Wildman–Crippen LogP) is 3.11. The molecule has 0 radical (unpaired) electrons. The smallest absolute Gasteiger partial charge is 0.321 e. The SMILES string of the molecule is Cc1noc([C@H]2CN(C(=O)Nc3ccccc3C)CC23CCOCC3)n1. The van der Waals surface area contributed by atoms with Crippen molar-refractivity contribution in [3.63, 3.8) is 0 Å². The Balaban J connectivity index is 1.56. The first-order valence-corrected chi connectivity index (χ1v) is 9.07. The summed E-state index contributed by atoms with van der Waals surface area (Å²) in [5.74, 6) is 1.32. The van der Waals surface area contributed by atoms with Gasteiger partial charge in [-0.25, -0.2) is 4.79 Å². The normalized spacial score (nSPS) is 21.9. The van der Waals surface area contributed by atoms with Gasteiger partial charge in [0.25, 0.3) is 0 Å². The lowest BCUT2D eigenvalue weighted by Gasteiger charge is -2.36. The van der Waals surface area contributed by atoms with Crippen LogP contribution in [0, 0.1) is 19.3 Å². The maximum absolute atomic E-state index is 12.9. The monoisotopic (exact) mass is 356 g/mol. The van der Waals surface area contributed by atoms with Crippen LogP contribution in [0.3, 0.4) is 0 Å². The number of carbonyl (C=O) groups excluding carboxylic acids is 1. The van der Waals surface area contributed by atoms with Crippen molar-refractivity contribution in [2.45, 2.75) is 32.6 Å². The molecule has 1 aromatic carbocycles. The van der Waals surface area contributed by atoms with Gasteiger partial charge in [-0.3, -0.25) is 0 Å². The number of carbonyl (C=O) groups is 1. The molecule has 1 atom stereocenters. The van der Waals surface area contributed by atoms with Gasteiger partial charge in [0.1, 0.15) is 0 Å². The lowest BCUT2D eigenvalue weighted by molar-refractivity contribution is 0.00959. The number of nitrogens with one attached hydrogen (secondary N) is 1. The zero-order chi connectivity index (χ0) is 18.1. The van der Waals surface area contributed by atoms with E-state index < -0.39 is 0 Å². The lowest BCUT2D eigenvalue weighted by atomic mass is 9.72. The Morgan fingerprint density at radius 3 is 2.73 bits per heavy atom. The zero-order valence-electron chi connectivity index (χ0n) is 15.2. The number of aromatic nitrogens is 2. The molecule has 0 saturated carbocycles. The number of amides is 2. The highest BCUT2D eigenvalue weighted by molar-refractivity contribution is 5.90. The molecule has 138 valence electrons. The van der Waals surface area contributed by atoms with Crippen LogP contribution in [0.25, 0.3) is 0 Å². The first-order valence-electron chi connectivity index (χ1n) is 9.07. The summed E-state index contributed by atoms with van der Waals surface area (Å²) >= 11 is 0. The topological polar surface area (TPSA) is 80.5 Å². The molecule has 2 aliphatic rings.